The van der Waals surface area contributed by atoms with E-state index in [1.807, 2.05) is 6.07 Å². The monoisotopic (exact) mass is 293 g/mol. The average Bonchev–Trinajstić information content (AvgIpc) is 2.98. The number of carbonyl (C=O) groups is 1. The number of hydrogen-bond donors (Lipinski definition) is 1. The van der Waals surface area contributed by atoms with Crippen LogP contribution < -0.4 is 0 Å². The van der Waals surface area contributed by atoms with Crippen LogP contribution in [0, 0.1) is 0 Å². The van der Waals surface area contributed by atoms with Gasteiger partial charge in [-0.1, -0.05) is 0 Å². The summed E-state index contributed by atoms with van der Waals surface area (Å²) < 4.78 is 0. The maximum absolute atomic E-state index is 10.4. The van der Waals surface area contributed by atoms with E-state index in [0.717, 1.165) is 18.0 Å². The van der Waals surface area contributed by atoms with E-state index in [1.54, 1.807) is 28.7 Å². The van der Waals surface area contributed by atoms with E-state index in [1.165, 1.54) is 16.5 Å². The molecule has 0 aliphatic rings. The minimum atomic E-state index is -0.912. The number of thiophene rings is 2. The van der Waals surface area contributed by atoms with Crippen molar-refractivity contribution in [1.29, 1.82) is 0 Å². The van der Waals surface area contributed by atoms with Crippen molar-refractivity contribution >= 4 is 34.7 Å². The molecule has 0 aliphatic carbocycles. The summed E-state index contributed by atoms with van der Waals surface area (Å²) in [5.41, 5.74) is 1.33. The Morgan fingerprint density at radius 1 is 1.37 bits per heavy atom. The van der Waals surface area contributed by atoms with Crippen LogP contribution in [0.25, 0.3) is 6.08 Å². The summed E-state index contributed by atoms with van der Waals surface area (Å²) >= 11 is 3.34. The van der Waals surface area contributed by atoms with Gasteiger partial charge in [0.25, 0.3) is 0 Å². The topological polar surface area (TPSA) is 40.5 Å². The van der Waals surface area contributed by atoms with Gasteiger partial charge >= 0.3 is 5.97 Å². The van der Waals surface area contributed by atoms with Gasteiger partial charge in [0, 0.05) is 28.9 Å². The van der Waals surface area contributed by atoms with Gasteiger partial charge in [0.2, 0.25) is 0 Å². The minimum absolute atomic E-state index is 0.876. The number of carboxylic acids is 1. The second-order valence-corrected chi connectivity index (χ2v) is 6.26. The number of nitrogens with zero attached hydrogens (tertiary/aromatic N) is 1. The van der Waals surface area contributed by atoms with Gasteiger partial charge in [0.1, 0.15) is 0 Å². The van der Waals surface area contributed by atoms with Crippen molar-refractivity contribution in [2.75, 3.05) is 7.05 Å². The van der Waals surface area contributed by atoms with E-state index in [4.69, 9.17) is 5.11 Å². The Bertz CT molecular complexity index is 558. The Morgan fingerprint density at radius 3 is 2.89 bits per heavy atom. The fourth-order valence-corrected chi connectivity index (χ4v) is 3.39. The Morgan fingerprint density at radius 2 is 2.21 bits per heavy atom. The second-order valence-electron chi connectivity index (χ2n) is 4.28. The maximum Gasteiger partial charge on any atom is 0.328 e. The van der Waals surface area contributed by atoms with Crippen molar-refractivity contribution in [3.63, 3.8) is 0 Å². The van der Waals surface area contributed by atoms with E-state index < -0.39 is 5.97 Å². The van der Waals surface area contributed by atoms with E-state index >= 15 is 0 Å². The molecule has 0 aliphatic heterocycles. The highest BCUT2D eigenvalue weighted by Gasteiger charge is 2.04. The van der Waals surface area contributed by atoms with E-state index in [-0.39, 0.29) is 0 Å². The van der Waals surface area contributed by atoms with Crippen LogP contribution in [0.4, 0.5) is 0 Å². The Balaban J connectivity index is 1.90. The highest BCUT2D eigenvalue weighted by atomic mass is 32.1. The van der Waals surface area contributed by atoms with Crippen molar-refractivity contribution in [2.45, 2.75) is 13.1 Å². The molecule has 0 bridgehead atoms. The highest BCUT2D eigenvalue weighted by molar-refractivity contribution is 7.12. The molecule has 2 rings (SSSR count). The van der Waals surface area contributed by atoms with Gasteiger partial charge in [-0.3, -0.25) is 4.90 Å². The first-order valence-electron chi connectivity index (χ1n) is 5.83. The van der Waals surface area contributed by atoms with Crippen molar-refractivity contribution < 1.29 is 9.90 Å². The molecule has 1 N–H and O–H groups in total. The molecule has 0 amide bonds. The summed E-state index contributed by atoms with van der Waals surface area (Å²) in [5, 5.41) is 12.8. The number of hydrogen-bond acceptors (Lipinski definition) is 4. The molecular formula is C14H15NO2S2. The van der Waals surface area contributed by atoms with Gasteiger partial charge in [-0.2, -0.15) is 11.3 Å². The van der Waals surface area contributed by atoms with Gasteiger partial charge in [-0.05, 0) is 47.6 Å². The Labute approximate surface area is 120 Å². The molecule has 0 unspecified atom stereocenters. The Kier molecular flexibility index (Phi) is 4.90. The lowest BCUT2D eigenvalue weighted by Crippen LogP contribution is -2.15. The summed E-state index contributed by atoms with van der Waals surface area (Å²) in [6, 6.07) is 6.14. The number of aliphatic carboxylic acids is 1. The molecule has 0 radical (unpaired) electrons. The number of rotatable bonds is 6. The maximum atomic E-state index is 10.4. The molecule has 0 saturated carbocycles. The minimum Gasteiger partial charge on any atom is -0.478 e. The molecule has 2 aromatic heterocycles. The summed E-state index contributed by atoms with van der Waals surface area (Å²) in [7, 11) is 2.09. The molecule has 2 heterocycles. The van der Waals surface area contributed by atoms with Gasteiger partial charge in [-0.15, -0.1) is 11.3 Å². The molecule has 2 aromatic rings. The molecule has 0 atom stereocenters. The van der Waals surface area contributed by atoms with Crippen LogP contribution in [-0.4, -0.2) is 23.0 Å². The lowest BCUT2D eigenvalue weighted by molar-refractivity contribution is -0.131. The van der Waals surface area contributed by atoms with Crippen LogP contribution in [0.2, 0.25) is 0 Å². The first-order chi connectivity index (χ1) is 9.13. The molecule has 0 fully saturated rings. The molecule has 19 heavy (non-hydrogen) atoms. The third-order valence-corrected chi connectivity index (χ3v) is 4.30. The zero-order valence-corrected chi connectivity index (χ0v) is 12.2. The fraction of sp³-hybridized carbons (Fsp3) is 0.214. The zero-order valence-electron chi connectivity index (χ0n) is 10.6. The van der Waals surface area contributed by atoms with Gasteiger partial charge in [-0.25, -0.2) is 4.79 Å². The number of carboxylic acid groups (broad SMARTS) is 1. The first kappa shape index (κ1) is 14.0. The molecular weight excluding hydrogens is 278 g/mol. The molecule has 3 nitrogen and oxygen atoms in total. The summed E-state index contributed by atoms with van der Waals surface area (Å²) in [6.45, 7) is 1.81. The fourth-order valence-electron chi connectivity index (χ4n) is 1.74. The molecule has 0 spiro atoms. The summed E-state index contributed by atoms with van der Waals surface area (Å²) in [5.74, 6) is -0.912. The van der Waals surface area contributed by atoms with Crippen LogP contribution >= 0.6 is 22.7 Å². The largest absolute Gasteiger partial charge is 0.478 e. The molecule has 5 heteroatoms. The van der Waals surface area contributed by atoms with E-state index in [9.17, 15) is 4.79 Å². The van der Waals surface area contributed by atoms with Crippen molar-refractivity contribution in [2.24, 2.45) is 0 Å². The SMILES string of the molecule is CN(Cc1ccsc1)Cc1ccc(C=CC(=O)O)s1. The van der Waals surface area contributed by atoms with Crippen LogP contribution in [0.1, 0.15) is 15.3 Å². The average molecular weight is 293 g/mol. The predicted molar refractivity (Wildman–Crippen MR) is 80.5 cm³/mol. The van der Waals surface area contributed by atoms with E-state index in [2.05, 4.69) is 34.8 Å². The van der Waals surface area contributed by atoms with Crippen LogP contribution in [0.5, 0.6) is 0 Å². The smallest absolute Gasteiger partial charge is 0.328 e. The lowest BCUT2D eigenvalue weighted by Gasteiger charge is -2.14. The first-order valence-corrected chi connectivity index (χ1v) is 7.59. The van der Waals surface area contributed by atoms with Gasteiger partial charge in [0.05, 0.1) is 0 Å². The quantitative estimate of drug-likeness (QED) is 0.828. The van der Waals surface area contributed by atoms with Crippen LogP contribution in [0.15, 0.2) is 35.0 Å². The summed E-state index contributed by atoms with van der Waals surface area (Å²) in [6.07, 6.45) is 2.81. The standard InChI is InChI=1S/C14H15NO2S2/c1-15(8-11-6-7-18-10-11)9-13-3-2-12(19-13)4-5-14(16)17/h2-7,10H,8-9H2,1H3,(H,16,17). The third-order valence-electron chi connectivity index (χ3n) is 2.53. The van der Waals surface area contributed by atoms with Gasteiger partial charge in [0.15, 0.2) is 0 Å². The second kappa shape index (κ2) is 6.65. The highest BCUT2D eigenvalue weighted by Crippen LogP contribution is 2.20. The zero-order chi connectivity index (χ0) is 13.7. The normalized spacial score (nSPS) is 11.5. The Hall–Kier alpha value is -1.43. The third kappa shape index (κ3) is 4.63. The molecule has 100 valence electrons. The van der Waals surface area contributed by atoms with Crippen molar-refractivity contribution in [3.05, 3.63) is 50.4 Å². The van der Waals surface area contributed by atoms with Crippen LogP contribution in [-0.2, 0) is 17.9 Å². The van der Waals surface area contributed by atoms with Crippen molar-refractivity contribution in [3.8, 4) is 0 Å². The van der Waals surface area contributed by atoms with Gasteiger partial charge < -0.3 is 5.11 Å². The summed E-state index contributed by atoms with van der Waals surface area (Å²) in [4.78, 5) is 14.9. The van der Waals surface area contributed by atoms with E-state index in [0.29, 0.717) is 0 Å². The van der Waals surface area contributed by atoms with Crippen molar-refractivity contribution in [1.82, 2.24) is 4.90 Å². The predicted octanol–water partition coefficient (Wildman–Crippen LogP) is 3.54. The molecule has 0 saturated heterocycles. The van der Waals surface area contributed by atoms with Crippen LogP contribution in [0.3, 0.4) is 0 Å². The molecule has 0 aromatic carbocycles. The lowest BCUT2D eigenvalue weighted by atomic mass is 10.3.